The second-order valence-corrected chi connectivity index (χ2v) is 5.23. The van der Waals surface area contributed by atoms with Crippen LogP contribution in [0.1, 0.15) is 32.7 Å². The van der Waals surface area contributed by atoms with Crippen molar-refractivity contribution in [1.82, 2.24) is 10.2 Å². The highest BCUT2D eigenvalue weighted by molar-refractivity contribution is 5.81. The van der Waals surface area contributed by atoms with Gasteiger partial charge < -0.3 is 10.1 Å². The maximum absolute atomic E-state index is 10.6. The van der Waals surface area contributed by atoms with Crippen molar-refractivity contribution >= 4 is 18.4 Å². The van der Waals surface area contributed by atoms with Crippen molar-refractivity contribution in [2.75, 3.05) is 19.7 Å². The third-order valence-electron chi connectivity index (χ3n) is 3.26. The third kappa shape index (κ3) is 8.60. The van der Waals surface area contributed by atoms with Crippen LogP contribution in [0.15, 0.2) is 30.3 Å². The van der Waals surface area contributed by atoms with E-state index in [-0.39, 0.29) is 7.33 Å². The Morgan fingerprint density at radius 2 is 1.91 bits per heavy atom. The molecular formula is C17H26N2O4. The Balaban J connectivity index is 0.000000325. The molecule has 0 aromatic heterocycles. The lowest BCUT2D eigenvalue weighted by atomic mass is 10.2. The predicted octanol–water partition coefficient (Wildman–Crippen LogP) is 2.51. The summed E-state index contributed by atoms with van der Waals surface area (Å²) >= 11 is 0. The van der Waals surface area contributed by atoms with Crippen LogP contribution in [0.2, 0.25) is 0 Å². The van der Waals surface area contributed by atoms with E-state index in [0.29, 0.717) is 19.6 Å². The second kappa shape index (κ2) is 11.2. The highest BCUT2D eigenvalue weighted by Gasteiger charge is 2.20. The summed E-state index contributed by atoms with van der Waals surface area (Å²) in [6.45, 7) is 3.69. The molecule has 3 rings (SSSR count). The highest BCUT2D eigenvalue weighted by Crippen LogP contribution is 2.02. The average Bonchev–Trinajstić information content (AvgIpc) is 2.82. The first-order valence-electron chi connectivity index (χ1n) is 7.80. The van der Waals surface area contributed by atoms with Crippen molar-refractivity contribution in [3.63, 3.8) is 0 Å². The number of nitrogens with one attached hydrogen (secondary N) is 1. The van der Waals surface area contributed by atoms with Crippen LogP contribution >= 0.6 is 0 Å². The molecule has 0 unspecified atom stereocenters. The van der Waals surface area contributed by atoms with Crippen molar-refractivity contribution in [1.29, 1.82) is 0 Å². The zero-order chi connectivity index (χ0) is 16.9. The van der Waals surface area contributed by atoms with Gasteiger partial charge in [-0.05, 0) is 19.8 Å². The lowest BCUT2D eigenvalue weighted by molar-refractivity contribution is -0.120. The molecule has 0 aliphatic carbocycles. The Morgan fingerprint density at radius 3 is 2.39 bits per heavy atom. The van der Waals surface area contributed by atoms with Crippen LogP contribution in [-0.2, 0) is 14.3 Å². The van der Waals surface area contributed by atoms with E-state index in [1.807, 2.05) is 18.2 Å². The van der Waals surface area contributed by atoms with E-state index >= 15 is 0 Å². The number of hydrogen-bond donors (Lipinski definition) is 1. The summed E-state index contributed by atoms with van der Waals surface area (Å²) in [7, 11) is 0. The highest BCUT2D eigenvalue weighted by atomic mass is 16.6. The molecule has 1 N–H and O–H groups in total. The van der Waals surface area contributed by atoms with E-state index in [4.69, 9.17) is 0 Å². The first kappa shape index (κ1) is 18.7. The second-order valence-electron chi connectivity index (χ2n) is 5.23. The van der Waals surface area contributed by atoms with E-state index in [0.717, 1.165) is 30.7 Å². The lowest BCUT2D eigenvalue weighted by Crippen LogP contribution is -2.21. The standard InChI is InChI=1S/C7H8.C6H11NO.C4H5NO3.H2/c1-7-5-3-2-4-6-7;8-6-4-2-1-3-5-7-6;6-3-5-1-2-8-4(5)7;/h2-6H,1H3;1-5H2,(H,7,8);3H,1-2H2;1H. The molecule has 3 amide bonds. The molecule has 2 fully saturated rings. The molecule has 23 heavy (non-hydrogen) atoms. The Hall–Kier alpha value is -2.37. The monoisotopic (exact) mass is 322 g/mol. The van der Waals surface area contributed by atoms with Gasteiger partial charge in [0.15, 0.2) is 0 Å². The molecule has 2 saturated heterocycles. The summed E-state index contributed by atoms with van der Waals surface area (Å²) in [5, 5.41) is 2.81. The molecule has 6 heteroatoms. The molecule has 128 valence electrons. The number of ether oxygens (including phenoxy) is 1. The van der Waals surface area contributed by atoms with Gasteiger partial charge in [0.05, 0.1) is 6.54 Å². The largest absolute Gasteiger partial charge is 0.447 e. The molecule has 1 aromatic rings. The minimum Gasteiger partial charge on any atom is -0.447 e. The summed E-state index contributed by atoms with van der Waals surface area (Å²) in [6, 6.07) is 10.3. The fourth-order valence-electron chi connectivity index (χ4n) is 1.94. The SMILES string of the molecule is Cc1ccccc1.O=C1CCCCCN1.O=CN1CCOC1=O.[HH]. The van der Waals surface area contributed by atoms with Crippen LogP contribution in [0.4, 0.5) is 4.79 Å². The van der Waals surface area contributed by atoms with Crippen molar-refractivity contribution in [3.05, 3.63) is 35.9 Å². The first-order chi connectivity index (χ1) is 11.1. The van der Waals surface area contributed by atoms with E-state index < -0.39 is 6.09 Å². The molecule has 2 aliphatic rings. The topological polar surface area (TPSA) is 75.7 Å². The zero-order valence-electron chi connectivity index (χ0n) is 13.5. The Kier molecular flexibility index (Phi) is 9.12. The molecule has 6 nitrogen and oxygen atoms in total. The first-order valence-corrected chi connectivity index (χ1v) is 7.80. The number of imide groups is 1. The number of amides is 3. The van der Waals surface area contributed by atoms with Gasteiger partial charge in [0.2, 0.25) is 12.3 Å². The summed E-state index contributed by atoms with van der Waals surface area (Å²) in [5.41, 5.74) is 1.32. The molecule has 0 saturated carbocycles. The van der Waals surface area contributed by atoms with E-state index in [2.05, 4.69) is 29.1 Å². The summed E-state index contributed by atoms with van der Waals surface area (Å²) < 4.78 is 4.41. The van der Waals surface area contributed by atoms with Gasteiger partial charge in [-0.2, -0.15) is 0 Å². The quantitative estimate of drug-likeness (QED) is 0.806. The van der Waals surface area contributed by atoms with Gasteiger partial charge in [-0.1, -0.05) is 42.3 Å². The average molecular weight is 322 g/mol. The molecule has 0 radical (unpaired) electrons. The number of nitrogens with zero attached hydrogens (tertiary/aromatic N) is 1. The minimum absolute atomic E-state index is 0. The molecule has 2 aliphatic heterocycles. The van der Waals surface area contributed by atoms with Gasteiger partial charge >= 0.3 is 6.09 Å². The molecule has 1 aromatic carbocycles. The minimum atomic E-state index is -0.542. The lowest BCUT2D eigenvalue weighted by Gasteiger charge is -1.97. The molecule has 2 heterocycles. The smallest absolute Gasteiger partial charge is 0.416 e. The molecule has 0 spiro atoms. The van der Waals surface area contributed by atoms with Crippen molar-refractivity contribution in [2.24, 2.45) is 0 Å². The van der Waals surface area contributed by atoms with Crippen LogP contribution < -0.4 is 5.32 Å². The molecule has 0 bridgehead atoms. The van der Waals surface area contributed by atoms with E-state index in [1.165, 1.54) is 12.0 Å². The van der Waals surface area contributed by atoms with Gasteiger partial charge in [0.1, 0.15) is 6.61 Å². The molecule has 0 atom stereocenters. The summed E-state index contributed by atoms with van der Waals surface area (Å²) in [5.74, 6) is 0.225. The number of aryl methyl sites for hydroxylation is 1. The van der Waals surface area contributed by atoms with Crippen LogP contribution in [-0.4, -0.2) is 43.0 Å². The van der Waals surface area contributed by atoms with Crippen LogP contribution in [0, 0.1) is 6.92 Å². The van der Waals surface area contributed by atoms with Crippen molar-refractivity contribution in [2.45, 2.75) is 32.6 Å². The van der Waals surface area contributed by atoms with Gasteiger partial charge in [0.25, 0.3) is 0 Å². The number of hydrogen-bond acceptors (Lipinski definition) is 4. The van der Waals surface area contributed by atoms with Gasteiger partial charge in [0, 0.05) is 14.4 Å². The van der Waals surface area contributed by atoms with Crippen molar-refractivity contribution < 1.29 is 20.5 Å². The van der Waals surface area contributed by atoms with Crippen molar-refractivity contribution in [3.8, 4) is 0 Å². The number of cyclic esters (lactones) is 1. The van der Waals surface area contributed by atoms with Crippen LogP contribution in [0.5, 0.6) is 0 Å². The number of rotatable bonds is 1. The number of carbonyl (C=O) groups excluding carboxylic acids is 3. The maximum atomic E-state index is 10.6. The fraction of sp³-hybridized carbons (Fsp3) is 0.471. The number of benzene rings is 1. The van der Waals surface area contributed by atoms with E-state index in [1.54, 1.807) is 0 Å². The fourth-order valence-corrected chi connectivity index (χ4v) is 1.94. The van der Waals surface area contributed by atoms with E-state index in [9.17, 15) is 14.4 Å². The van der Waals surface area contributed by atoms with Crippen LogP contribution in [0.3, 0.4) is 0 Å². The van der Waals surface area contributed by atoms with Gasteiger partial charge in [-0.25, -0.2) is 9.69 Å². The summed E-state index contributed by atoms with van der Waals surface area (Å²) in [4.78, 5) is 31.7. The third-order valence-corrected chi connectivity index (χ3v) is 3.26. The summed E-state index contributed by atoms with van der Waals surface area (Å²) in [6.07, 6.45) is 4.10. The predicted molar refractivity (Wildman–Crippen MR) is 88.9 cm³/mol. The zero-order valence-corrected chi connectivity index (χ0v) is 13.5. The maximum Gasteiger partial charge on any atom is 0.416 e. The molecular weight excluding hydrogens is 296 g/mol. The van der Waals surface area contributed by atoms with Gasteiger partial charge in [-0.15, -0.1) is 0 Å². The van der Waals surface area contributed by atoms with Crippen LogP contribution in [0.25, 0.3) is 0 Å². The Bertz CT molecular complexity index is 487. The van der Waals surface area contributed by atoms with Gasteiger partial charge in [-0.3, -0.25) is 9.59 Å². The Labute approximate surface area is 138 Å². The Morgan fingerprint density at radius 1 is 1.17 bits per heavy atom. The normalized spacial score (nSPS) is 16.7. The number of carbonyl (C=O) groups is 3.